The van der Waals surface area contributed by atoms with Gasteiger partial charge in [0.05, 0.1) is 17.4 Å². The molecule has 0 aliphatic heterocycles. The van der Waals surface area contributed by atoms with Crippen LogP contribution in [0.2, 0.25) is 0 Å². The molecule has 16 heavy (non-hydrogen) atoms. The molecule has 90 valence electrons. The summed E-state index contributed by atoms with van der Waals surface area (Å²) in [6, 6.07) is 6.10. The van der Waals surface area contributed by atoms with Crippen molar-refractivity contribution in [2.24, 2.45) is 5.73 Å². The van der Waals surface area contributed by atoms with Gasteiger partial charge < -0.3 is 10.7 Å². The molecule has 0 radical (unpaired) electrons. The van der Waals surface area contributed by atoms with Crippen LogP contribution in [0.15, 0.2) is 24.5 Å². The van der Waals surface area contributed by atoms with Gasteiger partial charge in [-0.3, -0.25) is 0 Å². The van der Waals surface area contributed by atoms with E-state index in [0.717, 1.165) is 16.6 Å². The molecule has 0 fully saturated rings. The lowest BCUT2D eigenvalue weighted by atomic mass is 10.1. The highest BCUT2D eigenvalue weighted by Gasteiger charge is 2.01. The van der Waals surface area contributed by atoms with Gasteiger partial charge in [0.15, 0.2) is 0 Å². The van der Waals surface area contributed by atoms with E-state index in [4.69, 9.17) is 5.73 Å². The second-order valence-electron chi connectivity index (χ2n) is 2.97. The molecule has 3 nitrogen and oxygen atoms in total. The number of H-pyrrole nitrogens is 1. The topological polar surface area (TPSA) is 54.7 Å². The number of rotatable bonds is 1. The van der Waals surface area contributed by atoms with Crippen LogP contribution in [0, 0.1) is 0 Å². The first kappa shape index (κ1) is 14.6. The molecule has 0 bridgehead atoms. The Morgan fingerprint density at radius 2 is 1.81 bits per heavy atom. The van der Waals surface area contributed by atoms with Gasteiger partial charge in [-0.2, -0.15) is 0 Å². The van der Waals surface area contributed by atoms with Crippen LogP contribution in [0.5, 0.6) is 0 Å². The lowest BCUT2D eigenvalue weighted by molar-refractivity contribution is 0.819. The minimum absolute atomic E-state index is 0.0812. The van der Waals surface area contributed by atoms with Crippen LogP contribution in [-0.2, 0) is 0 Å². The quantitative estimate of drug-likeness (QED) is 0.772. The zero-order valence-corrected chi connectivity index (χ0v) is 10.9. The summed E-state index contributed by atoms with van der Waals surface area (Å²) in [6.07, 6.45) is 1.69. The van der Waals surface area contributed by atoms with E-state index in [2.05, 4.69) is 9.97 Å². The van der Waals surface area contributed by atoms with E-state index in [0.29, 0.717) is 0 Å². The highest BCUT2D eigenvalue weighted by atomic mass is 14.9. The third kappa shape index (κ3) is 3.66. The van der Waals surface area contributed by atoms with E-state index >= 15 is 0 Å². The maximum Gasteiger partial charge on any atom is 0.0931 e. The summed E-state index contributed by atoms with van der Waals surface area (Å²) < 4.78 is 0. The summed E-state index contributed by atoms with van der Waals surface area (Å²) in [7, 11) is 0. The molecule has 1 aromatic carbocycles. The molecular weight excluding hydrogens is 198 g/mol. The molecule has 1 aromatic heterocycles. The number of imidazole rings is 1. The molecule has 2 rings (SSSR count). The highest BCUT2D eigenvalue weighted by molar-refractivity contribution is 5.75. The van der Waals surface area contributed by atoms with E-state index < -0.39 is 0 Å². The fourth-order valence-electron chi connectivity index (χ4n) is 1.24. The fraction of sp³-hybridized carbons (Fsp3) is 0.462. The standard InChI is InChI=1S/C9H11N3.2C2H6/c1-6(10)7-2-3-8-9(4-7)12-5-11-8;2*1-2/h2-6H,10H2,1H3,(H,11,12);2*1-2H3/t6-;;/m0../s1. The van der Waals surface area contributed by atoms with Crippen molar-refractivity contribution in [1.29, 1.82) is 0 Å². The Balaban J connectivity index is 0.000000509. The SMILES string of the molecule is CC.CC.C[C@H](N)c1ccc2nc[nH]c2c1. The van der Waals surface area contributed by atoms with Gasteiger partial charge in [0.1, 0.15) is 0 Å². The predicted molar refractivity (Wildman–Crippen MR) is 71.4 cm³/mol. The van der Waals surface area contributed by atoms with Crippen LogP contribution in [0.4, 0.5) is 0 Å². The monoisotopic (exact) mass is 221 g/mol. The second-order valence-corrected chi connectivity index (χ2v) is 2.97. The first-order chi connectivity index (χ1) is 7.77. The number of benzene rings is 1. The van der Waals surface area contributed by atoms with Crippen molar-refractivity contribution >= 4 is 11.0 Å². The normalized spacial score (nSPS) is 10.9. The van der Waals surface area contributed by atoms with Crippen molar-refractivity contribution in [3.05, 3.63) is 30.1 Å². The Morgan fingerprint density at radius 3 is 2.38 bits per heavy atom. The zero-order chi connectivity index (χ0) is 12.6. The minimum atomic E-state index is 0.0812. The van der Waals surface area contributed by atoms with Gasteiger partial charge in [-0.15, -0.1) is 0 Å². The third-order valence-corrected chi connectivity index (χ3v) is 1.97. The number of aromatic nitrogens is 2. The zero-order valence-electron chi connectivity index (χ0n) is 10.9. The molecule has 1 heterocycles. The summed E-state index contributed by atoms with van der Waals surface area (Å²) in [5.41, 5.74) is 8.90. The smallest absolute Gasteiger partial charge is 0.0931 e. The summed E-state index contributed by atoms with van der Waals surface area (Å²) in [4.78, 5) is 7.17. The molecule has 0 saturated carbocycles. The molecule has 0 aliphatic rings. The predicted octanol–water partition coefficient (Wildman–Crippen LogP) is 3.64. The summed E-state index contributed by atoms with van der Waals surface area (Å²) in [6.45, 7) is 9.97. The Morgan fingerprint density at radius 1 is 1.19 bits per heavy atom. The first-order valence-corrected chi connectivity index (χ1v) is 5.96. The van der Waals surface area contributed by atoms with E-state index in [1.807, 2.05) is 52.8 Å². The number of hydrogen-bond donors (Lipinski definition) is 2. The van der Waals surface area contributed by atoms with Crippen LogP contribution in [0.3, 0.4) is 0 Å². The van der Waals surface area contributed by atoms with Crippen LogP contribution >= 0.6 is 0 Å². The van der Waals surface area contributed by atoms with Gasteiger partial charge in [-0.25, -0.2) is 4.98 Å². The van der Waals surface area contributed by atoms with E-state index in [9.17, 15) is 0 Å². The van der Waals surface area contributed by atoms with Crippen LogP contribution < -0.4 is 5.73 Å². The van der Waals surface area contributed by atoms with Gasteiger partial charge in [-0.05, 0) is 24.6 Å². The number of hydrogen-bond acceptors (Lipinski definition) is 2. The van der Waals surface area contributed by atoms with Gasteiger partial charge in [0.2, 0.25) is 0 Å². The number of nitrogens with zero attached hydrogens (tertiary/aromatic N) is 1. The number of fused-ring (bicyclic) bond motifs is 1. The van der Waals surface area contributed by atoms with Crippen molar-refractivity contribution in [2.75, 3.05) is 0 Å². The van der Waals surface area contributed by atoms with Gasteiger partial charge in [0, 0.05) is 6.04 Å². The highest BCUT2D eigenvalue weighted by Crippen LogP contribution is 2.15. The average Bonchev–Trinajstić information content (AvgIpc) is 2.81. The maximum atomic E-state index is 5.74. The Kier molecular flexibility index (Phi) is 7.21. The van der Waals surface area contributed by atoms with E-state index in [1.165, 1.54) is 0 Å². The van der Waals surface area contributed by atoms with Crippen LogP contribution in [-0.4, -0.2) is 9.97 Å². The summed E-state index contributed by atoms with van der Waals surface area (Å²) in [5, 5.41) is 0. The molecule has 0 unspecified atom stereocenters. The molecule has 0 saturated heterocycles. The molecule has 0 aliphatic carbocycles. The van der Waals surface area contributed by atoms with Crippen LogP contribution in [0.25, 0.3) is 11.0 Å². The van der Waals surface area contributed by atoms with Crippen molar-refractivity contribution in [1.82, 2.24) is 9.97 Å². The lowest BCUT2D eigenvalue weighted by Gasteiger charge is -2.03. The van der Waals surface area contributed by atoms with Crippen molar-refractivity contribution in [2.45, 2.75) is 40.7 Å². The summed E-state index contributed by atoms with van der Waals surface area (Å²) in [5.74, 6) is 0. The number of nitrogens with two attached hydrogens (primary N) is 1. The Labute approximate surface area is 98.1 Å². The van der Waals surface area contributed by atoms with Gasteiger partial charge in [0.25, 0.3) is 0 Å². The van der Waals surface area contributed by atoms with Crippen molar-refractivity contribution < 1.29 is 0 Å². The molecular formula is C13H23N3. The molecule has 3 N–H and O–H groups in total. The average molecular weight is 221 g/mol. The molecule has 0 spiro atoms. The minimum Gasteiger partial charge on any atom is -0.345 e. The molecule has 1 atom stereocenters. The van der Waals surface area contributed by atoms with Crippen LogP contribution in [0.1, 0.15) is 46.2 Å². The second kappa shape index (κ2) is 7.88. The third-order valence-electron chi connectivity index (χ3n) is 1.97. The number of aromatic amines is 1. The summed E-state index contributed by atoms with van der Waals surface area (Å²) >= 11 is 0. The van der Waals surface area contributed by atoms with Crippen molar-refractivity contribution in [3.63, 3.8) is 0 Å². The lowest BCUT2D eigenvalue weighted by Crippen LogP contribution is -2.04. The Bertz CT molecular complexity index is 391. The number of nitrogens with one attached hydrogen (secondary N) is 1. The molecule has 3 heteroatoms. The van der Waals surface area contributed by atoms with Gasteiger partial charge >= 0.3 is 0 Å². The Hall–Kier alpha value is -1.35. The first-order valence-electron chi connectivity index (χ1n) is 5.96. The molecule has 2 aromatic rings. The maximum absolute atomic E-state index is 5.74. The van der Waals surface area contributed by atoms with E-state index in [1.54, 1.807) is 6.33 Å². The van der Waals surface area contributed by atoms with E-state index in [-0.39, 0.29) is 6.04 Å². The van der Waals surface area contributed by atoms with Crippen molar-refractivity contribution in [3.8, 4) is 0 Å². The largest absolute Gasteiger partial charge is 0.345 e. The van der Waals surface area contributed by atoms with Gasteiger partial charge in [-0.1, -0.05) is 33.8 Å². The molecule has 0 amide bonds. The fourth-order valence-corrected chi connectivity index (χ4v) is 1.24.